The monoisotopic (exact) mass is 515 g/mol. The Hall–Kier alpha value is -2.93. The molecule has 0 aromatic carbocycles. The molecule has 2 aromatic rings. The zero-order chi connectivity index (χ0) is 25.2. The number of ether oxygens (including phenoxy) is 1. The van der Waals surface area contributed by atoms with Crippen LogP contribution in [0, 0.1) is 0 Å². The van der Waals surface area contributed by atoms with Crippen molar-refractivity contribution < 1.29 is 22.7 Å². The van der Waals surface area contributed by atoms with Crippen molar-refractivity contribution in [3.8, 4) is 0 Å². The number of hydrogen-bond donors (Lipinski definition) is 2. The van der Waals surface area contributed by atoms with E-state index in [1.54, 1.807) is 24.4 Å². The first kappa shape index (κ1) is 25.2. The summed E-state index contributed by atoms with van der Waals surface area (Å²) in [5.74, 6) is 0.486. The molecule has 2 fully saturated rings. The molecule has 4 rings (SSSR count). The summed E-state index contributed by atoms with van der Waals surface area (Å²) in [6.45, 7) is 3.56. The molecule has 14 heteroatoms. The molecule has 2 aliphatic rings. The Morgan fingerprint density at radius 1 is 1.17 bits per heavy atom. The van der Waals surface area contributed by atoms with Crippen LogP contribution in [-0.4, -0.2) is 75.4 Å². The summed E-state index contributed by atoms with van der Waals surface area (Å²) < 4.78 is 45.4. The van der Waals surface area contributed by atoms with Gasteiger partial charge in [-0.2, -0.15) is 18.3 Å². The number of rotatable bonds is 7. The van der Waals surface area contributed by atoms with Crippen molar-refractivity contribution in [1.82, 2.24) is 25.1 Å². The van der Waals surface area contributed by atoms with Crippen LogP contribution < -0.4 is 15.8 Å². The third-order valence-electron chi connectivity index (χ3n) is 6.07. The molecule has 0 bridgehead atoms. The highest BCUT2D eigenvalue weighted by molar-refractivity contribution is 6.30. The second kappa shape index (κ2) is 10.4. The molecule has 0 radical (unpaired) electrons. The maximum atomic E-state index is 13.2. The molecule has 2 aromatic heterocycles. The van der Waals surface area contributed by atoms with Gasteiger partial charge < -0.3 is 19.9 Å². The fourth-order valence-corrected chi connectivity index (χ4v) is 4.49. The van der Waals surface area contributed by atoms with E-state index in [2.05, 4.69) is 20.4 Å². The summed E-state index contributed by atoms with van der Waals surface area (Å²) >= 11 is 5.84. The second-order valence-corrected chi connectivity index (χ2v) is 9.03. The number of halogens is 4. The molecular weight excluding hydrogens is 491 g/mol. The van der Waals surface area contributed by atoms with Gasteiger partial charge >= 0.3 is 6.18 Å². The molecule has 4 heterocycles. The molecule has 2 saturated heterocycles. The molecule has 2 atom stereocenters. The molecule has 1 amide bonds. The average molecular weight is 516 g/mol. The number of H-pyrrole nitrogens is 1. The van der Waals surface area contributed by atoms with Crippen LogP contribution in [0.4, 0.5) is 24.8 Å². The summed E-state index contributed by atoms with van der Waals surface area (Å²) in [5, 5.41) is 8.31. The van der Waals surface area contributed by atoms with Gasteiger partial charge in [-0.25, -0.2) is 15.1 Å². The van der Waals surface area contributed by atoms with Gasteiger partial charge in [-0.3, -0.25) is 9.59 Å². The Morgan fingerprint density at radius 2 is 1.86 bits per heavy atom. The van der Waals surface area contributed by atoms with Crippen molar-refractivity contribution in [2.75, 3.05) is 36.5 Å². The lowest BCUT2D eigenvalue weighted by atomic mass is 10.0. The summed E-state index contributed by atoms with van der Waals surface area (Å²) in [5.41, 5.74) is -3.11. The van der Waals surface area contributed by atoms with Gasteiger partial charge in [0.05, 0.1) is 35.9 Å². The summed E-state index contributed by atoms with van der Waals surface area (Å²) in [6, 6.07) is -0.518. The van der Waals surface area contributed by atoms with E-state index in [1.165, 1.54) is 0 Å². The van der Waals surface area contributed by atoms with Crippen LogP contribution in [0.25, 0.3) is 0 Å². The number of nitrogens with zero attached hydrogens (tertiary/aromatic N) is 5. The number of aromatic nitrogens is 4. The third-order valence-corrected chi connectivity index (χ3v) is 6.27. The van der Waals surface area contributed by atoms with Crippen LogP contribution >= 0.6 is 11.6 Å². The predicted molar refractivity (Wildman–Crippen MR) is 121 cm³/mol. The Morgan fingerprint density at radius 3 is 2.51 bits per heavy atom. The molecule has 190 valence electrons. The average Bonchev–Trinajstić information content (AvgIpc) is 3.18. The van der Waals surface area contributed by atoms with Gasteiger partial charge in [-0.1, -0.05) is 11.6 Å². The van der Waals surface area contributed by atoms with Crippen LogP contribution in [0.15, 0.2) is 23.4 Å². The molecule has 0 spiro atoms. The Bertz CT molecular complexity index is 1090. The molecule has 35 heavy (non-hydrogen) atoms. The zero-order valence-corrected chi connectivity index (χ0v) is 19.6. The fourth-order valence-electron chi connectivity index (χ4n) is 4.40. The lowest BCUT2D eigenvalue weighted by Gasteiger charge is -2.36. The van der Waals surface area contributed by atoms with Gasteiger partial charge in [0, 0.05) is 38.1 Å². The predicted octanol–water partition coefficient (Wildman–Crippen LogP) is 2.32. The smallest absolute Gasteiger partial charge is 0.378 e. The number of anilines is 2. The summed E-state index contributed by atoms with van der Waals surface area (Å²) in [6.07, 6.45) is 0.544. The van der Waals surface area contributed by atoms with E-state index in [1.807, 2.05) is 9.80 Å². The molecule has 0 aliphatic carbocycles. The molecule has 0 unspecified atom stereocenters. The van der Waals surface area contributed by atoms with Gasteiger partial charge in [0.15, 0.2) is 0 Å². The number of carbonyl (C=O) groups excluding carboxylic acids is 1. The van der Waals surface area contributed by atoms with E-state index in [0.29, 0.717) is 37.0 Å². The highest BCUT2D eigenvalue weighted by Gasteiger charge is 2.39. The number of alkyl halides is 3. The highest BCUT2D eigenvalue weighted by Crippen LogP contribution is 2.32. The van der Waals surface area contributed by atoms with Gasteiger partial charge in [0.2, 0.25) is 5.95 Å². The van der Waals surface area contributed by atoms with Crippen LogP contribution in [0.5, 0.6) is 0 Å². The largest absolute Gasteiger partial charge is 0.423 e. The Balaban J connectivity index is 1.27. The number of likely N-dealkylation sites (tertiary alicyclic amines) is 1. The first-order valence-corrected chi connectivity index (χ1v) is 11.6. The normalized spacial score (nSPS) is 20.4. The van der Waals surface area contributed by atoms with E-state index in [9.17, 15) is 22.8 Å². The molecule has 2 aliphatic heterocycles. The quantitative estimate of drug-likeness (QED) is 0.577. The Labute approximate surface area is 203 Å². The second-order valence-electron chi connectivity index (χ2n) is 8.59. The first-order valence-electron chi connectivity index (χ1n) is 11.2. The SMILES string of the molecule is C[C@@H](CO[C@@H]1CCN(C2CCN(c3ncc(Cl)cn3)CC2)C1=O)Nc1cn[nH]c(=O)c1C(F)(F)F. The minimum Gasteiger partial charge on any atom is -0.378 e. The standard InChI is InChI=1S/C21H25ClF3N7O3/c1-12(29-15-10-28-30-18(33)17(15)21(23,24)25)11-35-16-4-7-32(19(16)34)14-2-5-31(6-3-14)20-26-8-13(22)9-27-20/h8-10,12,14,16H,2-7,11H2,1H3,(H2,29,30,33)/t12-,16+/m0/s1. The van der Waals surface area contributed by atoms with Gasteiger partial charge in [-0.05, 0) is 19.8 Å². The third kappa shape index (κ3) is 5.84. The Kier molecular flexibility index (Phi) is 7.45. The number of amides is 1. The number of carbonyl (C=O) groups is 1. The highest BCUT2D eigenvalue weighted by atomic mass is 35.5. The minimum absolute atomic E-state index is 0.0132. The van der Waals surface area contributed by atoms with E-state index in [0.717, 1.165) is 19.0 Å². The van der Waals surface area contributed by atoms with Crippen molar-refractivity contribution in [2.24, 2.45) is 0 Å². The van der Waals surface area contributed by atoms with E-state index >= 15 is 0 Å². The maximum Gasteiger partial charge on any atom is 0.423 e. The number of aromatic amines is 1. The van der Waals surface area contributed by atoms with E-state index in [-0.39, 0.29) is 18.6 Å². The summed E-state index contributed by atoms with van der Waals surface area (Å²) in [4.78, 5) is 36.9. The van der Waals surface area contributed by atoms with Gasteiger partial charge in [0.1, 0.15) is 11.7 Å². The minimum atomic E-state index is -4.84. The van der Waals surface area contributed by atoms with E-state index in [4.69, 9.17) is 16.3 Å². The topological polar surface area (TPSA) is 116 Å². The number of nitrogens with one attached hydrogen (secondary N) is 2. The van der Waals surface area contributed by atoms with Gasteiger partial charge in [-0.15, -0.1) is 0 Å². The lowest BCUT2D eigenvalue weighted by Crippen LogP contribution is -2.47. The van der Waals surface area contributed by atoms with Crippen LogP contribution in [0.3, 0.4) is 0 Å². The van der Waals surface area contributed by atoms with Gasteiger partial charge in [0.25, 0.3) is 11.5 Å². The maximum absolute atomic E-state index is 13.2. The first-order chi connectivity index (χ1) is 16.6. The van der Waals surface area contributed by atoms with E-state index < -0.39 is 35.1 Å². The van der Waals surface area contributed by atoms with Crippen molar-refractivity contribution in [1.29, 1.82) is 0 Å². The van der Waals surface area contributed by atoms with Crippen LogP contribution in [0.2, 0.25) is 5.02 Å². The molecule has 2 N–H and O–H groups in total. The summed E-state index contributed by atoms with van der Waals surface area (Å²) in [7, 11) is 0. The van der Waals surface area contributed by atoms with Crippen LogP contribution in [-0.2, 0) is 15.7 Å². The van der Waals surface area contributed by atoms with Crippen LogP contribution in [0.1, 0.15) is 31.7 Å². The number of hydrogen-bond acceptors (Lipinski definition) is 8. The zero-order valence-electron chi connectivity index (χ0n) is 18.9. The lowest BCUT2D eigenvalue weighted by molar-refractivity contribution is -0.139. The molecule has 10 nitrogen and oxygen atoms in total. The number of piperidine rings is 1. The van der Waals surface area contributed by atoms with Crippen molar-refractivity contribution >= 4 is 29.1 Å². The van der Waals surface area contributed by atoms with Crippen molar-refractivity contribution in [2.45, 2.75) is 50.6 Å². The van der Waals surface area contributed by atoms with Crippen molar-refractivity contribution in [3.63, 3.8) is 0 Å². The molecule has 0 saturated carbocycles. The van der Waals surface area contributed by atoms with Crippen molar-refractivity contribution in [3.05, 3.63) is 39.5 Å². The molecular formula is C21H25ClF3N7O3. The fraction of sp³-hybridized carbons (Fsp3) is 0.571.